The zero-order valence-corrected chi connectivity index (χ0v) is 12.7. The second-order valence-corrected chi connectivity index (χ2v) is 5.34. The fraction of sp³-hybridized carbons (Fsp3) is 0.455. The quantitative estimate of drug-likeness (QED) is 0.638. The molecular weight excluding hydrogens is 368 g/mol. The van der Waals surface area contributed by atoms with Crippen molar-refractivity contribution in [3.8, 4) is 0 Å². The first kappa shape index (κ1) is 14.0. The molecule has 7 heteroatoms. The second-order valence-electron chi connectivity index (χ2n) is 3.82. The highest BCUT2D eigenvalue weighted by atomic mass is 127. The minimum Gasteiger partial charge on any atom is -0.394 e. The lowest BCUT2D eigenvalue weighted by Crippen LogP contribution is -2.18. The Bertz CT molecular complexity index is 542. The van der Waals surface area contributed by atoms with Crippen LogP contribution in [0.1, 0.15) is 13.3 Å². The molecule has 0 radical (unpaired) electrons. The highest BCUT2D eigenvalue weighted by molar-refractivity contribution is 14.1. The van der Waals surface area contributed by atoms with Gasteiger partial charge in [-0.25, -0.2) is 9.97 Å². The third kappa shape index (κ3) is 2.76. The van der Waals surface area contributed by atoms with Crippen molar-refractivity contribution in [2.45, 2.75) is 26.2 Å². The molecule has 0 aromatic carbocycles. The lowest BCUT2D eigenvalue weighted by atomic mass is 10.3. The summed E-state index contributed by atoms with van der Waals surface area (Å²) in [4.78, 5) is 8.18. The molecular formula is C11H13ClIN3O2. The number of halogens is 2. The van der Waals surface area contributed by atoms with E-state index in [-0.39, 0.29) is 12.7 Å². The highest BCUT2D eigenvalue weighted by Gasteiger charge is 2.13. The van der Waals surface area contributed by atoms with Crippen molar-refractivity contribution < 1.29 is 9.84 Å². The van der Waals surface area contributed by atoms with Gasteiger partial charge in [0.15, 0.2) is 0 Å². The molecule has 2 heterocycles. The molecule has 5 nitrogen and oxygen atoms in total. The molecule has 2 aromatic heterocycles. The Hall–Kier alpha value is -0.440. The third-order valence-electron chi connectivity index (χ3n) is 2.67. The van der Waals surface area contributed by atoms with Crippen molar-refractivity contribution >= 4 is 45.2 Å². The normalized spacial score (nSPS) is 13.1. The van der Waals surface area contributed by atoms with Crippen LogP contribution in [-0.4, -0.2) is 32.4 Å². The van der Waals surface area contributed by atoms with Crippen LogP contribution in [0.15, 0.2) is 12.5 Å². The minimum atomic E-state index is -0.155. The molecule has 2 aromatic rings. The second kappa shape index (κ2) is 6.14. The molecule has 1 N–H and O–H groups in total. The lowest BCUT2D eigenvalue weighted by Gasteiger charge is -2.13. The van der Waals surface area contributed by atoms with E-state index in [1.807, 2.05) is 17.7 Å². The number of fused-ring (bicyclic) bond motifs is 1. The van der Waals surface area contributed by atoms with E-state index in [2.05, 4.69) is 32.6 Å². The van der Waals surface area contributed by atoms with Gasteiger partial charge in [0.1, 0.15) is 23.9 Å². The van der Waals surface area contributed by atoms with E-state index in [1.165, 1.54) is 6.33 Å². The third-order valence-corrected chi connectivity index (χ3v) is 3.77. The number of nitrogens with zero attached hydrogens (tertiary/aromatic N) is 3. The molecule has 18 heavy (non-hydrogen) atoms. The smallest absolute Gasteiger partial charge is 0.147 e. The Morgan fingerprint density at radius 1 is 1.56 bits per heavy atom. The Morgan fingerprint density at radius 2 is 2.33 bits per heavy atom. The van der Waals surface area contributed by atoms with E-state index < -0.39 is 0 Å². The van der Waals surface area contributed by atoms with Crippen molar-refractivity contribution in [3.05, 3.63) is 21.2 Å². The highest BCUT2D eigenvalue weighted by Crippen LogP contribution is 2.26. The van der Waals surface area contributed by atoms with Gasteiger partial charge in [-0.05, 0) is 29.0 Å². The monoisotopic (exact) mass is 381 g/mol. The molecule has 0 saturated heterocycles. The summed E-state index contributed by atoms with van der Waals surface area (Å²) in [5.41, 5.74) is 0.743. The first-order valence-electron chi connectivity index (χ1n) is 5.54. The van der Waals surface area contributed by atoms with Gasteiger partial charge in [0.2, 0.25) is 0 Å². The maximum atomic E-state index is 9.08. The van der Waals surface area contributed by atoms with Crippen molar-refractivity contribution in [1.29, 1.82) is 0 Å². The summed E-state index contributed by atoms with van der Waals surface area (Å²) in [5, 5.41) is 10.4. The number of aromatic nitrogens is 3. The van der Waals surface area contributed by atoms with Crippen LogP contribution < -0.4 is 0 Å². The fourth-order valence-corrected chi connectivity index (χ4v) is 2.85. The maximum absolute atomic E-state index is 9.08. The van der Waals surface area contributed by atoms with Gasteiger partial charge in [0.25, 0.3) is 0 Å². The van der Waals surface area contributed by atoms with Gasteiger partial charge in [-0.2, -0.15) is 0 Å². The number of hydrogen-bond acceptors (Lipinski definition) is 4. The van der Waals surface area contributed by atoms with Crippen molar-refractivity contribution in [2.24, 2.45) is 0 Å². The van der Waals surface area contributed by atoms with E-state index in [9.17, 15) is 0 Å². The molecule has 0 fully saturated rings. The molecule has 0 saturated carbocycles. The maximum Gasteiger partial charge on any atom is 0.147 e. The summed E-state index contributed by atoms with van der Waals surface area (Å²) in [6, 6.07) is 0. The standard InChI is InChI=1S/C11H13ClIN3O2/c1-2-7(4-17)18-6-16-3-8(13)9-10(12)14-5-15-11(9)16/h3,5,7,17H,2,4,6H2,1H3/t7-/m0/s1. The average Bonchev–Trinajstić information content (AvgIpc) is 2.69. The largest absolute Gasteiger partial charge is 0.394 e. The zero-order valence-electron chi connectivity index (χ0n) is 9.81. The number of aliphatic hydroxyl groups is 1. The number of aliphatic hydroxyl groups excluding tert-OH is 1. The summed E-state index contributed by atoms with van der Waals surface area (Å²) >= 11 is 8.23. The summed E-state index contributed by atoms with van der Waals surface area (Å²) < 4.78 is 8.44. The van der Waals surface area contributed by atoms with Gasteiger partial charge in [0.05, 0.1) is 18.1 Å². The van der Waals surface area contributed by atoms with E-state index in [0.29, 0.717) is 11.9 Å². The van der Waals surface area contributed by atoms with Gasteiger partial charge in [-0.3, -0.25) is 0 Å². The minimum absolute atomic E-state index is 0.0164. The van der Waals surface area contributed by atoms with Crippen LogP contribution >= 0.6 is 34.2 Å². The molecule has 0 aliphatic rings. The molecule has 0 amide bonds. The van der Waals surface area contributed by atoms with Crippen LogP contribution in [0.25, 0.3) is 11.0 Å². The first-order chi connectivity index (χ1) is 8.67. The predicted octanol–water partition coefficient (Wildman–Crippen LogP) is 2.43. The number of hydrogen-bond donors (Lipinski definition) is 1. The van der Waals surface area contributed by atoms with E-state index in [4.69, 9.17) is 21.4 Å². The molecule has 98 valence electrons. The van der Waals surface area contributed by atoms with Crippen LogP contribution in [0.2, 0.25) is 5.15 Å². The Morgan fingerprint density at radius 3 is 3.00 bits per heavy atom. The zero-order chi connectivity index (χ0) is 13.1. The molecule has 2 rings (SSSR count). The van der Waals surface area contributed by atoms with Crippen molar-refractivity contribution in [1.82, 2.24) is 14.5 Å². The lowest BCUT2D eigenvalue weighted by molar-refractivity contribution is -0.0237. The van der Waals surface area contributed by atoms with Crippen molar-refractivity contribution in [3.63, 3.8) is 0 Å². The van der Waals surface area contributed by atoms with Crippen LogP contribution in [0, 0.1) is 3.57 Å². The van der Waals surface area contributed by atoms with Crippen LogP contribution in [-0.2, 0) is 11.5 Å². The van der Waals surface area contributed by atoms with E-state index in [1.54, 1.807) is 0 Å². The van der Waals surface area contributed by atoms with Crippen LogP contribution in [0.3, 0.4) is 0 Å². The average molecular weight is 382 g/mol. The number of rotatable bonds is 5. The molecule has 1 atom stereocenters. The van der Waals surface area contributed by atoms with E-state index >= 15 is 0 Å². The van der Waals surface area contributed by atoms with Gasteiger partial charge in [0, 0.05) is 9.77 Å². The summed E-state index contributed by atoms with van der Waals surface area (Å²) in [7, 11) is 0. The molecule has 0 aliphatic carbocycles. The topological polar surface area (TPSA) is 60.2 Å². The predicted molar refractivity (Wildman–Crippen MR) is 77.5 cm³/mol. The molecule has 0 bridgehead atoms. The first-order valence-corrected chi connectivity index (χ1v) is 7.00. The molecule has 0 spiro atoms. The molecule has 0 aliphatic heterocycles. The Balaban J connectivity index is 2.27. The number of ether oxygens (including phenoxy) is 1. The van der Waals surface area contributed by atoms with Gasteiger partial charge in [-0.1, -0.05) is 18.5 Å². The van der Waals surface area contributed by atoms with Gasteiger partial charge < -0.3 is 14.4 Å². The van der Waals surface area contributed by atoms with E-state index in [0.717, 1.165) is 21.0 Å². The SMILES string of the molecule is CC[C@@H](CO)OCn1cc(I)c2c(Cl)ncnc21. The Labute approximate surface area is 123 Å². The summed E-state index contributed by atoms with van der Waals surface area (Å²) in [5.74, 6) is 0. The Kier molecular flexibility index (Phi) is 4.77. The molecule has 0 unspecified atom stereocenters. The van der Waals surface area contributed by atoms with Gasteiger partial charge in [-0.15, -0.1) is 0 Å². The fourth-order valence-electron chi connectivity index (χ4n) is 1.62. The van der Waals surface area contributed by atoms with Crippen LogP contribution in [0.5, 0.6) is 0 Å². The van der Waals surface area contributed by atoms with Crippen LogP contribution in [0.4, 0.5) is 0 Å². The summed E-state index contributed by atoms with van der Waals surface area (Å²) in [6.45, 7) is 2.33. The van der Waals surface area contributed by atoms with Gasteiger partial charge >= 0.3 is 0 Å². The summed E-state index contributed by atoms with van der Waals surface area (Å²) in [6.07, 6.45) is 3.95. The van der Waals surface area contributed by atoms with Crippen molar-refractivity contribution in [2.75, 3.05) is 6.61 Å².